The normalized spacial score (nSPS) is 16.0. The first-order valence-electron chi connectivity index (χ1n) is 7.93. The highest BCUT2D eigenvalue weighted by Crippen LogP contribution is 2.17. The molecule has 2 rings (SSSR count). The van der Waals surface area contributed by atoms with Gasteiger partial charge in [-0.2, -0.15) is 5.10 Å². The Morgan fingerprint density at radius 2 is 1.83 bits per heavy atom. The Balaban J connectivity index is 1.78. The van der Waals surface area contributed by atoms with Crippen LogP contribution in [0.3, 0.4) is 0 Å². The third kappa shape index (κ3) is 6.14. The Morgan fingerprint density at radius 3 is 2.48 bits per heavy atom. The van der Waals surface area contributed by atoms with E-state index >= 15 is 0 Å². The molecule has 1 aromatic rings. The maximum absolute atomic E-state index is 12.0. The number of benzene rings is 1. The lowest BCUT2D eigenvalue weighted by molar-refractivity contribution is -0.120. The minimum Gasteiger partial charge on any atom is -0.353 e. The van der Waals surface area contributed by atoms with Gasteiger partial charge in [-0.25, -0.2) is 5.43 Å². The molecule has 0 atom stereocenters. The fourth-order valence-electron chi connectivity index (χ4n) is 2.61. The molecule has 0 aliphatic heterocycles. The zero-order chi connectivity index (χ0) is 16.7. The summed E-state index contributed by atoms with van der Waals surface area (Å²) >= 11 is 3.32. The summed E-state index contributed by atoms with van der Waals surface area (Å²) in [7, 11) is 0. The fourth-order valence-corrected chi connectivity index (χ4v) is 2.87. The van der Waals surface area contributed by atoms with Crippen molar-refractivity contribution in [3.05, 3.63) is 34.3 Å². The zero-order valence-corrected chi connectivity index (χ0v) is 14.9. The van der Waals surface area contributed by atoms with Gasteiger partial charge in [0.1, 0.15) is 0 Å². The highest BCUT2D eigenvalue weighted by Gasteiger charge is 2.16. The van der Waals surface area contributed by atoms with Gasteiger partial charge >= 0.3 is 0 Å². The third-order valence-corrected chi connectivity index (χ3v) is 4.37. The monoisotopic (exact) mass is 379 g/mol. The van der Waals surface area contributed by atoms with Crippen LogP contribution in [0.4, 0.5) is 0 Å². The van der Waals surface area contributed by atoms with Crippen LogP contribution in [0.5, 0.6) is 0 Å². The van der Waals surface area contributed by atoms with E-state index in [1.807, 2.05) is 0 Å². The molecule has 1 saturated carbocycles. The van der Waals surface area contributed by atoms with Crippen LogP contribution < -0.4 is 10.7 Å². The molecule has 1 aliphatic rings. The first-order chi connectivity index (χ1) is 11.0. The van der Waals surface area contributed by atoms with Crippen molar-refractivity contribution in [2.75, 3.05) is 0 Å². The van der Waals surface area contributed by atoms with E-state index in [-0.39, 0.29) is 18.2 Å². The Hall–Kier alpha value is -1.69. The van der Waals surface area contributed by atoms with Crippen LogP contribution in [0.1, 0.15) is 55.8 Å². The second-order valence-electron chi connectivity index (χ2n) is 5.87. The van der Waals surface area contributed by atoms with Gasteiger partial charge < -0.3 is 5.32 Å². The van der Waals surface area contributed by atoms with Gasteiger partial charge in [-0.3, -0.25) is 9.59 Å². The van der Waals surface area contributed by atoms with Gasteiger partial charge in [-0.1, -0.05) is 35.2 Å². The number of carbonyl (C=O) groups excluding carboxylic acids is 2. The molecular weight excluding hydrogens is 358 g/mol. The fraction of sp³-hybridized carbons (Fsp3) is 0.471. The SMILES string of the molecule is C/C(CC(=O)NC1CCCCC1)=N/NC(=O)c1ccc(Br)cc1. The van der Waals surface area contributed by atoms with E-state index in [0.717, 1.165) is 17.3 Å². The number of rotatable bonds is 5. The van der Waals surface area contributed by atoms with E-state index in [9.17, 15) is 9.59 Å². The number of hydrogen-bond donors (Lipinski definition) is 2. The van der Waals surface area contributed by atoms with E-state index in [1.54, 1.807) is 31.2 Å². The van der Waals surface area contributed by atoms with Crippen molar-refractivity contribution in [3.63, 3.8) is 0 Å². The second-order valence-corrected chi connectivity index (χ2v) is 6.79. The number of nitrogens with zero attached hydrogens (tertiary/aromatic N) is 1. The molecule has 1 aromatic carbocycles. The standard InChI is InChI=1S/C17H22BrN3O2/c1-12(11-16(22)19-15-5-3-2-4-6-15)20-21-17(23)13-7-9-14(18)10-8-13/h7-10,15H,2-6,11H2,1H3,(H,19,22)(H,21,23)/b20-12-. The van der Waals surface area contributed by atoms with Crippen LogP contribution in [0, 0.1) is 0 Å². The van der Waals surface area contributed by atoms with Crippen LogP contribution in [0.15, 0.2) is 33.8 Å². The predicted octanol–water partition coefficient (Wildman–Crippen LogP) is 3.39. The van der Waals surface area contributed by atoms with Crippen LogP contribution in [0.2, 0.25) is 0 Å². The first-order valence-corrected chi connectivity index (χ1v) is 8.72. The van der Waals surface area contributed by atoms with Crippen LogP contribution in [-0.2, 0) is 4.79 Å². The van der Waals surface area contributed by atoms with Crippen molar-refractivity contribution in [1.29, 1.82) is 0 Å². The number of hydrogen-bond acceptors (Lipinski definition) is 3. The topological polar surface area (TPSA) is 70.6 Å². The molecule has 0 aromatic heterocycles. The summed E-state index contributed by atoms with van der Waals surface area (Å²) in [6.07, 6.45) is 5.94. The van der Waals surface area contributed by atoms with Crippen molar-refractivity contribution in [1.82, 2.24) is 10.7 Å². The first kappa shape index (κ1) is 17.7. The molecule has 1 aliphatic carbocycles. The second kappa shape index (κ2) is 8.82. The van der Waals surface area contributed by atoms with E-state index < -0.39 is 0 Å². The molecule has 0 spiro atoms. The van der Waals surface area contributed by atoms with Gasteiger partial charge in [0.05, 0.1) is 6.42 Å². The molecule has 124 valence electrons. The van der Waals surface area contributed by atoms with Crippen LogP contribution in [0.25, 0.3) is 0 Å². The summed E-state index contributed by atoms with van der Waals surface area (Å²) in [5.74, 6) is -0.319. The van der Waals surface area contributed by atoms with E-state index in [2.05, 4.69) is 31.8 Å². The maximum atomic E-state index is 12.0. The molecule has 1 fully saturated rings. The third-order valence-electron chi connectivity index (χ3n) is 3.84. The van der Waals surface area contributed by atoms with Crippen molar-refractivity contribution in [2.45, 2.75) is 51.5 Å². The van der Waals surface area contributed by atoms with Crippen molar-refractivity contribution in [3.8, 4) is 0 Å². The van der Waals surface area contributed by atoms with Crippen molar-refractivity contribution in [2.24, 2.45) is 5.10 Å². The Bertz CT molecular complexity index is 578. The summed E-state index contributed by atoms with van der Waals surface area (Å²) < 4.78 is 0.910. The molecule has 0 bridgehead atoms. The summed E-state index contributed by atoms with van der Waals surface area (Å²) in [5.41, 5.74) is 3.59. The molecule has 5 nitrogen and oxygen atoms in total. The number of halogens is 1. The van der Waals surface area contributed by atoms with Gasteiger partial charge in [0, 0.05) is 21.8 Å². The molecule has 0 unspecified atom stereocenters. The summed E-state index contributed by atoms with van der Waals surface area (Å²) in [5, 5.41) is 7.04. The van der Waals surface area contributed by atoms with Gasteiger partial charge in [-0.05, 0) is 44.0 Å². The Kier molecular flexibility index (Phi) is 6.77. The van der Waals surface area contributed by atoms with E-state index in [1.165, 1.54) is 19.3 Å². The highest BCUT2D eigenvalue weighted by molar-refractivity contribution is 9.10. The Morgan fingerprint density at radius 1 is 1.17 bits per heavy atom. The van der Waals surface area contributed by atoms with Crippen molar-refractivity contribution >= 4 is 33.5 Å². The average molecular weight is 380 g/mol. The van der Waals surface area contributed by atoms with Gasteiger partial charge in [-0.15, -0.1) is 0 Å². The quantitative estimate of drug-likeness (QED) is 0.607. The molecule has 0 radical (unpaired) electrons. The lowest BCUT2D eigenvalue weighted by Crippen LogP contribution is -2.37. The van der Waals surface area contributed by atoms with Gasteiger partial charge in [0.2, 0.25) is 5.91 Å². The van der Waals surface area contributed by atoms with Crippen molar-refractivity contribution < 1.29 is 9.59 Å². The maximum Gasteiger partial charge on any atom is 0.271 e. The van der Waals surface area contributed by atoms with Gasteiger partial charge in [0.15, 0.2) is 0 Å². The van der Waals surface area contributed by atoms with Gasteiger partial charge in [0.25, 0.3) is 5.91 Å². The van der Waals surface area contributed by atoms with E-state index in [0.29, 0.717) is 17.3 Å². The minimum atomic E-state index is -0.287. The summed E-state index contributed by atoms with van der Waals surface area (Å²) in [6, 6.07) is 7.30. The molecule has 23 heavy (non-hydrogen) atoms. The number of nitrogens with one attached hydrogen (secondary N) is 2. The smallest absolute Gasteiger partial charge is 0.271 e. The molecule has 0 heterocycles. The summed E-state index contributed by atoms with van der Waals surface area (Å²) in [4.78, 5) is 23.9. The lowest BCUT2D eigenvalue weighted by atomic mass is 9.95. The molecule has 2 N–H and O–H groups in total. The number of hydrazone groups is 1. The highest BCUT2D eigenvalue weighted by atomic mass is 79.9. The lowest BCUT2D eigenvalue weighted by Gasteiger charge is -2.22. The molecule has 2 amide bonds. The largest absolute Gasteiger partial charge is 0.353 e. The minimum absolute atomic E-state index is 0.0314. The molecule has 0 saturated heterocycles. The van der Waals surface area contributed by atoms with Crippen LogP contribution in [-0.4, -0.2) is 23.6 Å². The average Bonchev–Trinajstić information content (AvgIpc) is 2.54. The predicted molar refractivity (Wildman–Crippen MR) is 94.3 cm³/mol. The number of carbonyl (C=O) groups is 2. The zero-order valence-electron chi connectivity index (χ0n) is 13.3. The summed E-state index contributed by atoms with van der Waals surface area (Å²) in [6.45, 7) is 1.74. The van der Waals surface area contributed by atoms with Crippen LogP contribution >= 0.6 is 15.9 Å². The molecule has 6 heteroatoms. The van der Waals surface area contributed by atoms with E-state index in [4.69, 9.17) is 0 Å². The molecular formula is C17H22BrN3O2. The Labute approximate surface area is 145 Å². The number of amides is 2.